The Bertz CT molecular complexity index is 493. The van der Waals surface area contributed by atoms with Gasteiger partial charge in [0.25, 0.3) is 5.91 Å². The molecule has 2 unspecified atom stereocenters. The van der Waals surface area contributed by atoms with E-state index in [9.17, 15) is 4.79 Å². The van der Waals surface area contributed by atoms with Crippen molar-refractivity contribution < 1.29 is 4.79 Å². The number of nitrogens with one attached hydrogen (secondary N) is 1. The van der Waals surface area contributed by atoms with Crippen LogP contribution in [0.2, 0.25) is 5.15 Å². The van der Waals surface area contributed by atoms with E-state index < -0.39 is 0 Å². The number of carbonyl (C=O) groups excluding carboxylic acids is 1. The first-order valence-corrected chi connectivity index (χ1v) is 6.50. The number of nitrogens with zero attached hydrogens (tertiary/aromatic N) is 2. The number of hydrogen-bond donors (Lipinski definition) is 2. The maximum atomic E-state index is 12.4. The fraction of sp³-hybridized carbons (Fsp3) is 0.500. The average molecular weight is 267 g/mol. The zero-order chi connectivity index (χ0) is 12.7. The number of halogens is 1. The molecule has 1 amide bonds. The number of amides is 1. The van der Waals surface area contributed by atoms with Crippen molar-refractivity contribution in [1.29, 1.82) is 0 Å². The van der Waals surface area contributed by atoms with Crippen LogP contribution in [-0.4, -0.2) is 28.4 Å². The first-order chi connectivity index (χ1) is 8.67. The Hall–Kier alpha value is -1.33. The number of nitrogens with two attached hydrogens (primary N) is 1. The zero-order valence-electron chi connectivity index (χ0n) is 9.90. The van der Waals surface area contributed by atoms with Gasteiger partial charge in [0.05, 0.1) is 0 Å². The topological polar surface area (TPSA) is 71.2 Å². The molecule has 1 saturated heterocycles. The van der Waals surface area contributed by atoms with Crippen LogP contribution in [0.4, 0.5) is 5.82 Å². The van der Waals surface area contributed by atoms with Gasteiger partial charge in [0.15, 0.2) is 0 Å². The monoisotopic (exact) mass is 266 g/mol. The van der Waals surface area contributed by atoms with Gasteiger partial charge in [-0.25, -0.2) is 10.8 Å². The number of anilines is 1. The summed E-state index contributed by atoms with van der Waals surface area (Å²) in [7, 11) is 0. The first kappa shape index (κ1) is 11.7. The molecule has 2 aliphatic rings. The van der Waals surface area contributed by atoms with Crippen molar-refractivity contribution in [2.24, 2.45) is 11.8 Å². The molecule has 2 fully saturated rings. The summed E-state index contributed by atoms with van der Waals surface area (Å²) in [6.07, 6.45) is 3.52. The summed E-state index contributed by atoms with van der Waals surface area (Å²) in [6, 6.07) is 3.64. The van der Waals surface area contributed by atoms with Crippen molar-refractivity contribution in [2.75, 3.05) is 12.0 Å². The van der Waals surface area contributed by atoms with Crippen LogP contribution in [0.25, 0.3) is 0 Å². The van der Waals surface area contributed by atoms with Gasteiger partial charge in [0, 0.05) is 18.2 Å². The van der Waals surface area contributed by atoms with Crippen LogP contribution in [-0.2, 0) is 0 Å². The van der Waals surface area contributed by atoms with E-state index in [2.05, 4.69) is 10.4 Å². The highest BCUT2D eigenvalue weighted by Crippen LogP contribution is 2.38. The van der Waals surface area contributed by atoms with Gasteiger partial charge in [0.1, 0.15) is 11.0 Å². The zero-order valence-corrected chi connectivity index (χ0v) is 10.7. The van der Waals surface area contributed by atoms with Crippen LogP contribution in [0.5, 0.6) is 0 Å². The van der Waals surface area contributed by atoms with Gasteiger partial charge >= 0.3 is 0 Å². The molecule has 5 nitrogen and oxygen atoms in total. The second kappa shape index (κ2) is 4.40. The molecule has 0 aromatic carbocycles. The number of nitrogen functional groups attached to an aromatic ring is 1. The molecule has 0 spiro atoms. The second-order valence-corrected chi connectivity index (χ2v) is 5.39. The lowest BCUT2D eigenvalue weighted by atomic mass is 10.1. The van der Waals surface area contributed by atoms with E-state index in [1.807, 2.05) is 4.90 Å². The lowest BCUT2D eigenvalue weighted by molar-refractivity contribution is 0.0703. The largest absolute Gasteiger partial charge is 0.335 e. The Morgan fingerprint density at radius 3 is 2.94 bits per heavy atom. The molecule has 2 heterocycles. The number of carbonyl (C=O) groups is 1. The van der Waals surface area contributed by atoms with Crippen molar-refractivity contribution in [3.05, 3.63) is 22.8 Å². The lowest BCUT2D eigenvalue weighted by Gasteiger charge is -2.27. The molecule has 96 valence electrons. The molecule has 0 radical (unpaired) electrons. The van der Waals surface area contributed by atoms with Gasteiger partial charge in [-0.05, 0) is 37.3 Å². The molecule has 1 aromatic heterocycles. The maximum Gasteiger partial charge on any atom is 0.254 e. The molecule has 2 bridgehead atoms. The van der Waals surface area contributed by atoms with Crippen LogP contribution in [0.1, 0.15) is 29.6 Å². The third-order valence-electron chi connectivity index (χ3n) is 3.86. The predicted molar refractivity (Wildman–Crippen MR) is 69.2 cm³/mol. The maximum absolute atomic E-state index is 12.4. The fourth-order valence-electron chi connectivity index (χ4n) is 3.03. The molecule has 1 aliphatic heterocycles. The number of likely N-dealkylation sites (tertiary alicyclic amines) is 1. The highest BCUT2D eigenvalue weighted by Gasteiger charge is 2.40. The minimum atomic E-state index is 0.0306. The minimum Gasteiger partial charge on any atom is -0.335 e. The molecule has 2 atom stereocenters. The van der Waals surface area contributed by atoms with Crippen LogP contribution >= 0.6 is 11.6 Å². The number of pyridine rings is 1. The van der Waals surface area contributed by atoms with Crippen LogP contribution in [0, 0.1) is 5.92 Å². The Morgan fingerprint density at radius 1 is 1.50 bits per heavy atom. The summed E-state index contributed by atoms with van der Waals surface area (Å²) < 4.78 is 0. The second-order valence-electron chi connectivity index (χ2n) is 5.00. The van der Waals surface area contributed by atoms with Gasteiger partial charge < -0.3 is 10.3 Å². The van der Waals surface area contributed by atoms with Gasteiger partial charge in [0.2, 0.25) is 0 Å². The Kier molecular flexibility index (Phi) is 2.87. The number of hydrazine groups is 1. The Balaban J connectivity index is 1.86. The van der Waals surface area contributed by atoms with Crippen LogP contribution in [0.15, 0.2) is 12.1 Å². The highest BCUT2D eigenvalue weighted by atomic mass is 35.5. The van der Waals surface area contributed by atoms with E-state index in [1.54, 1.807) is 12.1 Å². The van der Waals surface area contributed by atoms with Crippen molar-refractivity contribution in [3.63, 3.8) is 0 Å². The van der Waals surface area contributed by atoms with Crippen molar-refractivity contribution >= 4 is 23.3 Å². The number of fused-ring (bicyclic) bond motifs is 2. The van der Waals surface area contributed by atoms with Gasteiger partial charge in [-0.15, -0.1) is 0 Å². The van der Waals surface area contributed by atoms with Gasteiger partial charge in [-0.2, -0.15) is 0 Å². The van der Waals surface area contributed by atoms with Crippen LogP contribution < -0.4 is 11.3 Å². The van der Waals surface area contributed by atoms with E-state index in [0.29, 0.717) is 23.3 Å². The molecular weight excluding hydrogens is 252 g/mol. The number of piperidine rings is 1. The molecule has 1 aromatic rings. The minimum absolute atomic E-state index is 0.0306. The van der Waals surface area contributed by atoms with Crippen molar-refractivity contribution in [2.45, 2.75) is 25.3 Å². The highest BCUT2D eigenvalue weighted by molar-refractivity contribution is 6.29. The van der Waals surface area contributed by atoms with Crippen LogP contribution in [0.3, 0.4) is 0 Å². The summed E-state index contributed by atoms with van der Waals surface area (Å²) in [5.74, 6) is 6.43. The summed E-state index contributed by atoms with van der Waals surface area (Å²) in [5, 5.41) is 0.276. The summed E-state index contributed by atoms with van der Waals surface area (Å²) >= 11 is 5.88. The summed E-state index contributed by atoms with van der Waals surface area (Å²) in [4.78, 5) is 18.4. The number of aromatic nitrogens is 1. The van der Waals surface area contributed by atoms with Crippen molar-refractivity contribution in [1.82, 2.24) is 9.88 Å². The third-order valence-corrected chi connectivity index (χ3v) is 4.05. The van der Waals surface area contributed by atoms with Gasteiger partial charge in [-0.3, -0.25) is 4.79 Å². The molecule has 3 N–H and O–H groups in total. The molecule has 6 heteroatoms. The standard InChI is InChI=1S/C12H15ClN4O/c13-10-4-8(5-11(15-10)16-14)12(18)17-6-7-1-2-9(17)3-7/h4-5,7,9H,1-3,6,14H2,(H,15,16). The van der Waals surface area contributed by atoms with E-state index in [4.69, 9.17) is 17.4 Å². The summed E-state index contributed by atoms with van der Waals surface area (Å²) in [6.45, 7) is 0.870. The van der Waals surface area contributed by atoms with Gasteiger partial charge in [-0.1, -0.05) is 11.6 Å². The van der Waals surface area contributed by atoms with E-state index in [1.165, 1.54) is 6.42 Å². The molecular formula is C12H15ClN4O. The molecule has 1 aliphatic carbocycles. The van der Waals surface area contributed by atoms with E-state index in [-0.39, 0.29) is 11.1 Å². The quantitative estimate of drug-likeness (QED) is 0.485. The predicted octanol–water partition coefficient (Wildman–Crippen LogP) is 1.65. The smallest absolute Gasteiger partial charge is 0.254 e. The molecule has 1 saturated carbocycles. The third kappa shape index (κ3) is 1.93. The van der Waals surface area contributed by atoms with E-state index >= 15 is 0 Å². The fourth-order valence-corrected chi connectivity index (χ4v) is 3.24. The Morgan fingerprint density at radius 2 is 2.33 bits per heavy atom. The summed E-state index contributed by atoms with van der Waals surface area (Å²) in [5.41, 5.74) is 2.97. The Labute approximate surface area is 110 Å². The van der Waals surface area contributed by atoms with Crippen molar-refractivity contribution in [3.8, 4) is 0 Å². The number of rotatable bonds is 2. The number of hydrogen-bond acceptors (Lipinski definition) is 4. The van der Waals surface area contributed by atoms with E-state index in [0.717, 1.165) is 19.4 Å². The lowest BCUT2D eigenvalue weighted by Crippen LogP contribution is -2.37. The SMILES string of the molecule is NNc1cc(C(=O)N2CC3CCC2C3)cc(Cl)n1. The molecule has 3 rings (SSSR count). The average Bonchev–Trinajstić information content (AvgIpc) is 2.99. The first-order valence-electron chi connectivity index (χ1n) is 6.12. The molecule has 18 heavy (non-hydrogen) atoms. The normalized spacial score (nSPS) is 25.6.